The number of nitrogens with zero attached hydrogens (tertiary/aromatic N) is 1. The van der Waals surface area contributed by atoms with Gasteiger partial charge in [0.25, 0.3) is 5.69 Å². The van der Waals surface area contributed by atoms with Crippen molar-refractivity contribution >= 4 is 33.2 Å². The van der Waals surface area contributed by atoms with Crippen LogP contribution in [0.5, 0.6) is 0 Å². The van der Waals surface area contributed by atoms with Crippen LogP contribution in [-0.4, -0.2) is 10.3 Å². The molecule has 1 aromatic carbocycles. The zero-order valence-corrected chi connectivity index (χ0v) is 13.2. The third kappa shape index (κ3) is 3.48. The lowest BCUT2D eigenvalue weighted by Gasteiger charge is -2.31. The first-order valence-electron chi connectivity index (χ1n) is 6.55. The fourth-order valence-corrected chi connectivity index (χ4v) is 3.71. The van der Waals surface area contributed by atoms with E-state index in [4.69, 9.17) is 11.6 Å². The van der Waals surface area contributed by atoms with Crippen molar-refractivity contribution in [1.82, 2.24) is 0 Å². The van der Waals surface area contributed by atoms with Gasteiger partial charge in [-0.25, -0.2) is 0 Å². The molecule has 3 unspecified atom stereocenters. The minimum absolute atomic E-state index is 0.132. The first-order valence-corrected chi connectivity index (χ1v) is 7.77. The molecule has 0 aromatic heterocycles. The highest BCUT2D eigenvalue weighted by atomic mass is 79.9. The number of halogens is 2. The molecule has 2 rings (SSSR count). The Hall–Kier alpha value is -0.610. The lowest BCUT2D eigenvalue weighted by Crippen LogP contribution is -2.26. The van der Waals surface area contributed by atoms with Crippen LogP contribution in [0.15, 0.2) is 22.7 Å². The van der Waals surface area contributed by atoms with Crippen LogP contribution in [0.3, 0.4) is 0 Å². The summed E-state index contributed by atoms with van der Waals surface area (Å²) in [5, 5.41) is 11.1. The number of nitro groups is 1. The van der Waals surface area contributed by atoms with Gasteiger partial charge >= 0.3 is 0 Å². The smallest absolute Gasteiger partial charge is 0.258 e. The zero-order valence-electron chi connectivity index (χ0n) is 10.8. The molecule has 0 spiro atoms. The van der Waals surface area contributed by atoms with Gasteiger partial charge in [0.1, 0.15) is 0 Å². The van der Waals surface area contributed by atoms with Gasteiger partial charge in [-0.1, -0.05) is 19.1 Å². The summed E-state index contributed by atoms with van der Waals surface area (Å²) in [6.07, 6.45) is 4.13. The van der Waals surface area contributed by atoms with E-state index in [1.807, 2.05) is 6.07 Å². The second-order valence-corrected chi connectivity index (χ2v) is 6.76. The Morgan fingerprint density at radius 1 is 1.47 bits per heavy atom. The molecule has 0 saturated heterocycles. The van der Waals surface area contributed by atoms with E-state index in [1.165, 1.54) is 12.5 Å². The largest absolute Gasteiger partial charge is 0.283 e. The maximum absolute atomic E-state index is 10.9. The number of nitro benzene ring substituents is 1. The summed E-state index contributed by atoms with van der Waals surface area (Å²) in [6, 6.07) is 5.21. The van der Waals surface area contributed by atoms with Crippen LogP contribution in [0, 0.1) is 22.0 Å². The Balaban J connectivity index is 2.19. The molecular formula is C14H17BrClNO2. The molecule has 104 valence electrons. The molecule has 1 aliphatic carbocycles. The molecule has 0 heterocycles. The van der Waals surface area contributed by atoms with Crippen LogP contribution in [0.1, 0.15) is 31.7 Å². The number of alkyl halides is 1. The fourth-order valence-electron chi connectivity index (χ4n) is 2.82. The van der Waals surface area contributed by atoms with Gasteiger partial charge < -0.3 is 0 Å². The summed E-state index contributed by atoms with van der Waals surface area (Å²) in [5.74, 6) is 1.10. The van der Waals surface area contributed by atoms with E-state index in [9.17, 15) is 10.1 Å². The molecule has 1 aromatic rings. The Kier molecular flexibility index (Phi) is 4.85. The molecule has 5 heteroatoms. The number of benzene rings is 1. The van der Waals surface area contributed by atoms with E-state index in [1.54, 1.807) is 6.07 Å². The lowest BCUT2D eigenvalue weighted by molar-refractivity contribution is -0.385. The highest BCUT2D eigenvalue weighted by Crippen LogP contribution is 2.37. The van der Waals surface area contributed by atoms with Crippen LogP contribution in [0.25, 0.3) is 0 Å². The van der Waals surface area contributed by atoms with Crippen LogP contribution in [-0.2, 0) is 6.42 Å². The quantitative estimate of drug-likeness (QED) is 0.442. The maximum atomic E-state index is 10.9. The van der Waals surface area contributed by atoms with E-state index in [-0.39, 0.29) is 16.0 Å². The molecule has 19 heavy (non-hydrogen) atoms. The SMILES string of the molecule is CC1CCC(Cl)C(Cc2cccc([N+](=O)[O-])c2Br)C1. The summed E-state index contributed by atoms with van der Waals surface area (Å²) in [5.41, 5.74) is 1.12. The summed E-state index contributed by atoms with van der Waals surface area (Å²) in [6.45, 7) is 2.25. The molecule has 0 amide bonds. The lowest BCUT2D eigenvalue weighted by atomic mass is 9.79. The first-order chi connectivity index (χ1) is 8.99. The van der Waals surface area contributed by atoms with Crippen molar-refractivity contribution in [3.05, 3.63) is 38.3 Å². The average Bonchev–Trinajstić information content (AvgIpc) is 2.36. The van der Waals surface area contributed by atoms with Gasteiger partial charge in [0.2, 0.25) is 0 Å². The summed E-state index contributed by atoms with van der Waals surface area (Å²) >= 11 is 9.76. The predicted molar refractivity (Wildman–Crippen MR) is 80.6 cm³/mol. The van der Waals surface area contributed by atoms with E-state index in [2.05, 4.69) is 22.9 Å². The van der Waals surface area contributed by atoms with Gasteiger partial charge in [-0.15, -0.1) is 11.6 Å². The second-order valence-electron chi connectivity index (χ2n) is 5.41. The summed E-state index contributed by atoms with van der Waals surface area (Å²) in [7, 11) is 0. The number of hydrogen-bond donors (Lipinski definition) is 0. The van der Waals surface area contributed by atoms with Gasteiger partial charge in [0.15, 0.2) is 0 Å². The average molecular weight is 347 g/mol. The van der Waals surface area contributed by atoms with Gasteiger partial charge in [0, 0.05) is 11.4 Å². The van der Waals surface area contributed by atoms with Crippen molar-refractivity contribution in [2.24, 2.45) is 11.8 Å². The van der Waals surface area contributed by atoms with Crippen molar-refractivity contribution in [2.75, 3.05) is 0 Å². The Morgan fingerprint density at radius 3 is 2.89 bits per heavy atom. The van der Waals surface area contributed by atoms with Crippen molar-refractivity contribution in [1.29, 1.82) is 0 Å². The standard InChI is InChI=1S/C14H17BrClNO2/c1-9-5-6-12(16)11(7-9)8-10-3-2-4-13(14(10)15)17(18)19/h2-4,9,11-12H,5-8H2,1H3. The third-order valence-electron chi connectivity index (χ3n) is 3.89. The molecule has 1 saturated carbocycles. The van der Waals surface area contributed by atoms with E-state index < -0.39 is 0 Å². The molecule has 1 aliphatic rings. The minimum atomic E-state index is -0.352. The van der Waals surface area contributed by atoms with Gasteiger partial charge in [-0.05, 0) is 59.0 Å². The highest BCUT2D eigenvalue weighted by molar-refractivity contribution is 9.10. The van der Waals surface area contributed by atoms with Crippen molar-refractivity contribution in [3.8, 4) is 0 Å². The van der Waals surface area contributed by atoms with Gasteiger partial charge in [0.05, 0.1) is 9.40 Å². The molecule has 0 bridgehead atoms. The topological polar surface area (TPSA) is 43.1 Å². The normalized spacial score (nSPS) is 27.2. The van der Waals surface area contributed by atoms with Gasteiger partial charge in [-0.2, -0.15) is 0 Å². The molecule has 3 nitrogen and oxygen atoms in total. The maximum Gasteiger partial charge on any atom is 0.283 e. The third-order valence-corrected chi connectivity index (χ3v) is 5.38. The van der Waals surface area contributed by atoms with Crippen LogP contribution < -0.4 is 0 Å². The van der Waals surface area contributed by atoms with Crippen LogP contribution in [0.4, 0.5) is 5.69 Å². The molecule has 3 atom stereocenters. The van der Waals surface area contributed by atoms with Crippen LogP contribution in [0.2, 0.25) is 0 Å². The Bertz CT molecular complexity index is 481. The van der Waals surface area contributed by atoms with Gasteiger partial charge in [-0.3, -0.25) is 10.1 Å². The zero-order chi connectivity index (χ0) is 14.0. The van der Waals surface area contributed by atoms with E-state index >= 15 is 0 Å². The predicted octanol–water partition coefficient (Wildman–Crippen LogP) is 4.94. The molecule has 0 N–H and O–H groups in total. The van der Waals surface area contributed by atoms with Crippen LogP contribution >= 0.6 is 27.5 Å². The summed E-state index contributed by atoms with van der Waals surface area (Å²) in [4.78, 5) is 10.6. The first kappa shape index (κ1) is 14.8. The van der Waals surface area contributed by atoms with E-state index in [0.717, 1.165) is 24.8 Å². The Labute approximate surface area is 126 Å². The molecular weight excluding hydrogens is 330 g/mol. The van der Waals surface area contributed by atoms with Crippen molar-refractivity contribution in [3.63, 3.8) is 0 Å². The monoisotopic (exact) mass is 345 g/mol. The number of rotatable bonds is 3. The second kappa shape index (κ2) is 6.23. The molecule has 1 fully saturated rings. The minimum Gasteiger partial charge on any atom is -0.258 e. The van der Waals surface area contributed by atoms with Crippen molar-refractivity contribution in [2.45, 2.75) is 38.0 Å². The Morgan fingerprint density at radius 2 is 2.21 bits per heavy atom. The summed E-state index contributed by atoms with van der Waals surface area (Å²) < 4.78 is 0.599. The van der Waals surface area contributed by atoms with E-state index in [0.29, 0.717) is 16.3 Å². The number of hydrogen-bond acceptors (Lipinski definition) is 2. The molecule has 0 aliphatic heterocycles. The molecule has 0 radical (unpaired) electrons. The highest BCUT2D eigenvalue weighted by Gasteiger charge is 2.28. The van der Waals surface area contributed by atoms with Crippen molar-refractivity contribution < 1.29 is 4.92 Å². The fraction of sp³-hybridized carbons (Fsp3) is 0.571.